The number of hydrogen-bond acceptors (Lipinski definition) is 3. The average Bonchev–Trinajstić information content (AvgIpc) is 2.83. The quantitative estimate of drug-likeness (QED) is 0.772. The van der Waals surface area contributed by atoms with Crippen LogP contribution in [0.15, 0.2) is 43.1 Å². The van der Waals surface area contributed by atoms with E-state index >= 15 is 0 Å². The first-order valence-corrected chi connectivity index (χ1v) is 5.09. The predicted octanol–water partition coefficient (Wildman–Crippen LogP) is 1.41. The van der Waals surface area contributed by atoms with Crippen LogP contribution in [-0.4, -0.2) is 33.7 Å². The third kappa shape index (κ3) is 2.73. The van der Waals surface area contributed by atoms with Gasteiger partial charge < -0.3 is 9.30 Å². The van der Waals surface area contributed by atoms with E-state index in [1.165, 1.54) is 4.90 Å². The summed E-state index contributed by atoms with van der Waals surface area (Å²) < 4.78 is 6.97. The molecule has 16 heavy (non-hydrogen) atoms. The first-order valence-electron chi connectivity index (χ1n) is 5.09. The Bertz CT molecular complexity index is 395. The lowest BCUT2D eigenvalue weighted by Crippen LogP contribution is -2.28. The van der Waals surface area contributed by atoms with Crippen molar-refractivity contribution < 1.29 is 9.53 Å². The SMILES string of the molecule is O=C(OCCn1ccnc1)N1C=CC=CC1. The molecule has 2 rings (SSSR count). The van der Waals surface area contributed by atoms with Crippen LogP contribution in [-0.2, 0) is 11.3 Å². The molecule has 0 unspecified atom stereocenters. The fraction of sp³-hybridized carbons (Fsp3) is 0.273. The van der Waals surface area contributed by atoms with E-state index in [1.54, 1.807) is 24.8 Å². The third-order valence-corrected chi connectivity index (χ3v) is 2.18. The van der Waals surface area contributed by atoms with E-state index in [9.17, 15) is 4.79 Å². The summed E-state index contributed by atoms with van der Waals surface area (Å²) in [5.74, 6) is 0. The number of aromatic nitrogens is 2. The highest BCUT2D eigenvalue weighted by molar-refractivity contribution is 5.69. The molecule has 0 bridgehead atoms. The zero-order valence-electron chi connectivity index (χ0n) is 8.82. The summed E-state index contributed by atoms with van der Waals surface area (Å²) in [5, 5.41) is 0. The molecule has 0 radical (unpaired) electrons. The highest BCUT2D eigenvalue weighted by atomic mass is 16.6. The summed E-state index contributed by atoms with van der Waals surface area (Å²) in [7, 11) is 0. The molecule has 5 heteroatoms. The molecule has 1 amide bonds. The van der Waals surface area contributed by atoms with Crippen molar-refractivity contribution in [1.82, 2.24) is 14.5 Å². The Morgan fingerprint density at radius 2 is 2.38 bits per heavy atom. The fourth-order valence-electron chi connectivity index (χ4n) is 1.34. The van der Waals surface area contributed by atoms with Crippen molar-refractivity contribution >= 4 is 6.09 Å². The van der Waals surface area contributed by atoms with Crippen molar-refractivity contribution in [3.8, 4) is 0 Å². The minimum atomic E-state index is -0.319. The number of ether oxygens (including phenoxy) is 1. The largest absolute Gasteiger partial charge is 0.447 e. The number of carbonyl (C=O) groups is 1. The molecule has 1 aliphatic heterocycles. The lowest BCUT2D eigenvalue weighted by molar-refractivity contribution is 0.116. The summed E-state index contributed by atoms with van der Waals surface area (Å²) in [6, 6.07) is 0. The molecule has 1 aromatic heterocycles. The van der Waals surface area contributed by atoms with Gasteiger partial charge >= 0.3 is 6.09 Å². The molecule has 0 saturated heterocycles. The molecule has 1 aliphatic rings. The van der Waals surface area contributed by atoms with Crippen molar-refractivity contribution in [2.75, 3.05) is 13.2 Å². The Kier molecular flexibility index (Phi) is 3.38. The first-order chi connectivity index (χ1) is 7.86. The topological polar surface area (TPSA) is 47.4 Å². The van der Waals surface area contributed by atoms with Crippen molar-refractivity contribution in [2.24, 2.45) is 0 Å². The van der Waals surface area contributed by atoms with Gasteiger partial charge in [-0.05, 0) is 6.08 Å². The number of amides is 1. The number of rotatable bonds is 3. The molecule has 0 N–H and O–H groups in total. The average molecular weight is 219 g/mol. The van der Waals surface area contributed by atoms with Crippen LogP contribution in [0.25, 0.3) is 0 Å². The number of hydrogen-bond donors (Lipinski definition) is 0. The van der Waals surface area contributed by atoms with Crippen molar-refractivity contribution in [3.63, 3.8) is 0 Å². The normalized spacial score (nSPS) is 14.1. The van der Waals surface area contributed by atoms with E-state index < -0.39 is 0 Å². The van der Waals surface area contributed by atoms with E-state index in [0.29, 0.717) is 19.7 Å². The van der Waals surface area contributed by atoms with Crippen molar-refractivity contribution in [1.29, 1.82) is 0 Å². The van der Waals surface area contributed by atoms with Gasteiger partial charge in [0.1, 0.15) is 6.61 Å². The van der Waals surface area contributed by atoms with Crippen LogP contribution in [0.3, 0.4) is 0 Å². The number of imidazole rings is 1. The van der Waals surface area contributed by atoms with Gasteiger partial charge in [-0.1, -0.05) is 12.2 Å². The molecule has 0 saturated carbocycles. The lowest BCUT2D eigenvalue weighted by Gasteiger charge is -2.17. The molecule has 0 aliphatic carbocycles. The number of allylic oxidation sites excluding steroid dienone is 2. The van der Waals surface area contributed by atoms with Gasteiger partial charge in [-0.2, -0.15) is 0 Å². The van der Waals surface area contributed by atoms with Crippen LogP contribution in [0.5, 0.6) is 0 Å². The van der Waals surface area contributed by atoms with E-state index in [4.69, 9.17) is 4.74 Å². The second-order valence-electron chi connectivity index (χ2n) is 3.34. The maximum Gasteiger partial charge on any atom is 0.414 e. The first kappa shape index (κ1) is 10.5. The highest BCUT2D eigenvalue weighted by Gasteiger charge is 2.11. The van der Waals surface area contributed by atoms with Gasteiger partial charge in [-0.3, -0.25) is 4.90 Å². The Morgan fingerprint density at radius 1 is 1.44 bits per heavy atom. The Morgan fingerprint density at radius 3 is 3.06 bits per heavy atom. The summed E-state index contributed by atoms with van der Waals surface area (Å²) in [6.45, 7) is 1.54. The summed E-state index contributed by atoms with van der Waals surface area (Å²) in [6.07, 6.45) is 12.2. The van der Waals surface area contributed by atoms with Crippen LogP contribution >= 0.6 is 0 Å². The van der Waals surface area contributed by atoms with Crippen molar-refractivity contribution in [2.45, 2.75) is 6.54 Å². The fourth-order valence-corrected chi connectivity index (χ4v) is 1.34. The van der Waals surface area contributed by atoms with Gasteiger partial charge in [0.05, 0.1) is 12.9 Å². The summed E-state index contributed by atoms with van der Waals surface area (Å²) in [4.78, 5) is 16.9. The Balaban J connectivity index is 1.72. The molecule has 0 aromatic carbocycles. The molecule has 84 valence electrons. The molecule has 0 atom stereocenters. The predicted molar refractivity (Wildman–Crippen MR) is 58.6 cm³/mol. The van der Waals surface area contributed by atoms with Gasteiger partial charge in [-0.15, -0.1) is 0 Å². The minimum absolute atomic E-state index is 0.319. The van der Waals surface area contributed by atoms with Crippen LogP contribution in [0.4, 0.5) is 4.79 Å². The molecular formula is C11H13N3O2. The van der Waals surface area contributed by atoms with E-state index in [2.05, 4.69) is 4.98 Å². The molecular weight excluding hydrogens is 206 g/mol. The second kappa shape index (κ2) is 5.16. The number of nitrogens with zero attached hydrogens (tertiary/aromatic N) is 3. The van der Waals surface area contributed by atoms with Crippen LogP contribution in [0, 0.1) is 0 Å². The Labute approximate surface area is 93.6 Å². The van der Waals surface area contributed by atoms with E-state index in [1.807, 2.05) is 22.9 Å². The standard InChI is InChI=1S/C11H13N3O2/c15-11(14-5-2-1-3-6-14)16-9-8-13-7-4-12-10-13/h1-5,7,10H,6,8-9H2. The Hall–Kier alpha value is -2.04. The summed E-state index contributed by atoms with van der Waals surface area (Å²) >= 11 is 0. The van der Waals surface area contributed by atoms with Gasteiger partial charge in [0.25, 0.3) is 0 Å². The van der Waals surface area contributed by atoms with Gasteiger partial charge in [-0.25, -0.2) is 9.78 Å². The molecule has 2 heterocycles. The maximum atomic E-state index is 11.5. The monoisotopic (exact) mass is 219 g/mol. The zero-order chi connectivity index (χ0) is 11.2. The minimum Gasteiger partial charge on any atom is -0.447 e. The molecule has 0 fully saturated rings. The number of carbonyl (C=O) groups excluding carboxylic acids is 1. The smallest absolute Gasteiger partial charge is 0.414 e. The van der Waals surface area contributed by atoms with E-state index in [0.717, 1.165) is 0 Å². The van der Waals surface area contributed by atoms with Gasteiger partial charge in [0, 0.05) is 25.1 Å². The maximum absolute atomic E-state index is 11.5. The second-order valence-corrected chi connectivity index (χ2v) is 3.34. The molecule has 1 aromatic rings. The van der Waals surface area contributed by atoms with Gasteiger partial charge in [0.15, 0.2) is 0 Å². The lowest BCUT2D eigenvalue weighted by atomic mass is 10.4. The van der Waals surface area contributed by atoms with Crippen LogP contribution in [0.1, 0.15) is 0 Å². The molecule has 0 spiro atoms. The molecule has 5 nitrogen and oxygen atoms in total. The van der Waals surface area contributed by atoms with Gasteiger partial charge in [0.2, 0.25) is 0 Å². The van der Waals surface area contributed by atoms with E-state index in [-0.39, 0.29) is 6.09 Å². The van der Waals surface area contributed by atoms with Crippen molar-refractivity contribution in [3.05, 3.63) is 43.1 Å². The third-order valence-electron chi connectivity index (χ3n) is 2.18. The van der Waals surface area contributed by atoms with Crippen LogP contribution < -0.4 is 0 Å². The summed E-state index contributed by atoms with van der Waals surface area (Å²) in [5.41, 5.74) is 0. The van der Waals surface area contributed by atoms with Crippen LogP contribution in [0.2, 0.25) is 0 Å². The zero-order valence-corrected chi connectivity index (χ0v) is 8.82. The highest BCUT2D eigenvalue weighted by Crippen LogP contribution is 2.01.